The van der Waals surface area contributed by atoms with Gasteiger partial charge in [-0.1, -0.05) is 12.1 Å². The van der Waals surface area contributed by atoms with Crippen molar-refractivity contribution in [1.82, 2.24) is 0 Å². The summed E-state index contributed by atoms with van der Waals surface area (Å²) in [5.41, 5.74) is -2.63. The van der Waals surface area contributed by atoms with Gasteiger partial charge in [-0.15, -0.1) is 0 Å². The number of fused-ring (bicyclic) bond motifs is 1. The monoisotopic (exact) mass is 292 g/mol. The first kappa shape index (κ1) is 14.3. The Bertz CT molecular complexity index is 728. The highest BCUT2D eigenvalue weighted by Crippen LogP contribution is 2.44. The van der Waals surface area contributed by atoms with Gasteiger partial charge in [0.1, 0.15) is 5.92 Å². The van der Waals surface area contributed by atoms with Gasteiger partial charge in [0.15, 0.2) is 0 Å². The van der Waals surface area contributed by atoms with Gasteiger partial charge in [0, 0.05) is 5.56 Å². The SMILES string of the molecule is O=C(O)C1=C(C(=O)O)C(C(=O)O)c2cccc(C(=O)O)c21. The molecule has 0 heterocycles. The van der Waals surface area contributed by atoms with Crippen molar-refractivity contribution in [2.45, 2.75) is 5.92 Å². The first-order valence-electron chi connectivity index (χ1n) is 5.57. The average Bonchev–Trinajstić information content (AvgIpc) is 2.73. The molecule has 1 aliphatic rings. The number of carboxylic acids is 4. The molecule has 1 aliphatic carbocycles. The maximum absolute atomic E-state index is 11.3. The maximum atomic E-state index is 11.3. The molecule has 0 spiro atoms. The zero-order valence-corrected chi connectivity index (χ0v) is 10.2. The van der Waals surface area contributed by atoms with Crippen LogP contribution in [0.25, 0.3) is 5.57 Å². The van der Waals surface area contributed by atoms with E-state index in [0.29, 0.717) is 0 Å². The normalized spacial score (nSPS) is 16.5. The standard InChI is InChI=1S/C13H8O8/c14-10(15)5-3-1-2-4-6(5)8(12(18)19)9(13(20)21)7(4)11(16)17/h1-3,7H,(H,14,15)(H,16,17)(H,18,19)(H,20,21). The molecule has 0 fully saturated rings. The van der Waals surface area contributed by atoms with Crippen LogP contribution in [0.15, 0.2) is 23.8 Å². The van der Waals surface area contributed by atoms with E-state index in [1.807, 2.05) is 0 Å². The van der Waals surface area contributed by atoms with Gasteiger partial charge in [0.2, 0.25) is 0 Å². The third-order valence-corrected chi connectivity index (χ3v) is 3.14. The second-order valence-corrected chi connectivity index (χ2v) is 4.25. The minimum Gasteiger partial charge on any atom is -0.481 e. The number of hydrogen-bond donors (Lipinski definition) is 4. The molecule has 0 aromatic heterocycles. The smallest absolute Gasteiger partial charge is 0.336 e. The summed E-state index contributed by atoms with van der Waals surface area (Å²) >= 11 is 0. The van der Waals surface area contributed by atoms with E-state index in [0.717, 1.165) is 6.07 Å². The van der Waals surface area contributed by atoms with Crippen molar-refractivity contribution in [1.29, 1.82) is 0 Å². The van der Waals surface area contributed by atoms with E-state index in [-0.39, 0.29) is 11.1 Å². The molecule has 0 saturated carbocycles. The molecule has 0 amide bonds. The summed E-state index contributed by atoms with van der Waals surface area (Å²) in [6, 6.07) is 3.54. The molecule has 8 nitrogen and oxygen atoms in total. The molecule has 21 heavy (non-hydrogen) atoms. The van der Waals surface area contributed by atoms with Crippen molar-refractivity contribution in [2.24, 2.45) is 0 Å². The van der Waals surface area contributed by atoms with Gasteiger partial charge in [0.25, 0.3) is 0 Å². The van der Waals surface area contributed by atoms with E-state index in [9.17, 15) is 29.4 Å². The predicted molar refractivity (Wildman–Crippen MR) is 66.0 cm³/mol. The fourth-order valence-corrected chi connectivity index (χ4v) is 2.41. The van der Waals surface area contributed by atoms with Gasteiger partial charge in [-0.25, -0.2) is 14.4 Å². The second-order valence-electron chi connectivity index (χ2n) is 4.25. The highest BCUT2D eigenvalue weighted by atomic mass is 16.4. The third kappa shape index (κ3) is 2.02. The zero-order chi connectivity index (χ0) is 15.9. The third-order valence-electron chi connectivity index (χ3n) is 3.14. The van der Waals surface area contributed by atoms with Gasteiger partial charge in [-0.3, -0.25) is 4.79 Å². The summed E-state index contributed by atoms with van der Waals surface area (Å²) in [7, 11) is 0. The predicted octanol–water partition coefficient (Wildman–Crippen LogP) is 0.489. The molecule has 0 saturated heterocycles. The van der Waals surface area contributed by atoms with Crippen LogP contribution in [0.1, 0.15) is 27.4 Å². The summed E-state index contributed by atoms with van der Waals surface area (Å²) < 4.78 is 0. The van der Waals surface area contributed by atoms with Gasteiger partial charge < -0.3 is 20.4 Å². The molecule has 0 radical (unpaired) electrons. The van der Waals surface area contributed by atoms with Crippen molar-refractivity contribution >= 4 is 29.5 Å². The van der Waals surface area contributed by atoms with E-state index in [4.69, 9.17) is 10.2 Å². The van der Waals surface area contributed by atoms with Crippen LogP contribution < -0.4 is 0 Å². The van der Waals surface area contributed by atoms with Crippen molar-refractivity contribution in [3.63, 3.8) is 0 Å². The first-order valence-corrected chi connectivity index (χ1v) is 5.57. The number of aliphatic carboxylic acids is 3. The Morgan fingerprint density at radius 3 is 1.90 bits per heavy atom. The number of carboxylic acid groups (broad SMARTS) is 4. The Labute approximate surface area is 116 Å². The van der Waals surface area contributed by atoms with Gasteiger partial charge >= 0.3 is 23.9 Å². The number of hydrogen-bond acceptors (Lipinski definition) is 4. The lowest BCUT2D eigenvalue weighted by atomic mass is 9.94. The van der Waals surface area contributed by atoms with Crippen LogP contribution in [0.4, 0.5) is 0 Å². The van der Waals surface area contributed by atoms with Gasteiger partial charge in [0.05, 0.1) is 16.7 Å². The summed E-state index contributed by atoms with van der Waals surface area (Å²) in [6.45, 7) is 0. The largest absolute Gasteiger partial charge is 0.481 e. The topological polar surface area (TPSA) is 149 Å². The lowest BCUT2D eigenvalue weighted by molar-refractivity contribution is -0.141. The number of benzene rings is 1. The average molecular weight is 292 g/mol. The molecule has 1 aromatic rings. The molecule has 0 bridgehead atoms. The highest BCUT2D eigenvalue weighted by molar-refractivity contribution is 6.28. The van der Waals surface area contributed by atoms with E-state index in [1.165, 1.54) is 12.1 Å². The van der Waals surface area contributed by atoms with Gasteiger partial charge in [-0.05, 0) is 11.6 Å². The highest BCUT2D eigenvalue weighted by Gasteiger charge is 2.44. The molecular weight excluding hydrogens is 284 g/mol. The van der Waals surface area contributed by atoms with Crippen molar-refractivity contribution in [3.8, 4) is 0 Å². The van der Waals surface area contributed by atoms with E-state index in [2.05, 4.69) is 0 Å². The van der Waals surface area contributed by atoms with Crippen molar-refractivity contribution < 1.29 is 39.6 Å². The molecule has 4 N–H and O–H groups in total. The van der Waals surface area contributed by atoms with Crippen molar-refractivity contribution in [3.05, 3.63) is 40.5 Å². The molecule has 8 heteroatoms. The van der Waals surface area contributed by atoms with Crippen molar-refractivity contribution in [2.75, 3.05) is 0 Å². The maximum Gasteiger partial charge on any atom is 0.336 e. The van der Waals surface area contributed by atoms with Crippen LogP contribution >= 0.6 is 0 Å². The van der Waals surface area contributed by atoms with E-state index < -0.39 is 46.5 Å². The minimum absolute atomic E-state index is 0.155. The summed E-state index contributed by atoms with van der Waals surface area (Å²) in [5.74, 6) is -8.16. The quantitative estimate of drug-likeness (QED) is 0.626. The molecule has 0 aliphatic heterocycles. The summed E-state index contributed by atoms with van der Waals surface area (Å²) in [5, 5.41) is 36.6. The molecule has 1 aromatic carbocycles. The second kappa shape index (κ2) is 4.75. The minimum atomic E-state index is -1.72. The zero-order valence-electron chi connectivity index (χ0n) is 10.2. The molecule has 1 atom stereocenters. The van der Waals surface area contributed by atoms with E-state index in [1.54, 1.807) is 0 Å². The lowest BCUT2D eigenvalue weighted by Gasteiger charge is -2.09. The fraction of sp³-hybridized carbons (Fsp3) is 0.0769. The molecule has 108 valence electrons. The summed E-state index contributed by atoms with van der Waals surface area (Å²) in [6.07, 6.45) is 0. The number of rotatable bonds is 4. The van der Waals surface area contributed by atoms with Crippen LogP contribution in [0, 0.1) is 0 Å². The van der Waals surface area contributed by atoms with Crippen LogP contribution in [0.5, 0.6) is 0 Å². The Morgan fingerprint density at radius 1 is 0.857 bits per heavy atom. The Balaban J connectivity index is 2.93. The Kier molecular flexibility index (Phi) is 3.22. The molecule has 2 rings (SSSR count). The molecular formula is C13H8O8. The number of aromatic carboxylic acids is 1. The number of carbonyl (C=O) groups is 4. The van der Waals surface area contributed by atoms with Crippen LogP contribution in [-0.4, -0.2) is 44.3 Å². The fourth-order valence-electron chi connectivity index (χ4n) is 2.41. The van der Waals surface area contributed by atoms with Gasteiger partial charge in [-0.2, -0.15) is 0 Å². The van der Waals surface area contributed by atoms with Crippen LogP contribution in [-0.2, 0) is 14.4 Å². The van der Waals surface area contributed by atoms with E-state index >= 15 is 0 Å². The Morgan fingerprint density at radius 2 is 1.48 bits per heavy atom. The lowest BCUT2D eigenvalue weighted by Crippen LogP contribution is -2.17. The van der Waals surface area contributed by atoms with Crippen LogP contribution in [0.3, 0.4) is 0 Å². The molecule has 1 unspecified atom stereocenters. The first-order chi connectivity index (χ1) is 9.77. The summed E-state index contributed by atoms with van der Waals surface area (Å²) in [4.78, 5) is 45.0. The van der Waals surface area contributed by atoms with Crippen LogP contribution in [0.2, 0.25) is 0 Å². The Hall–Kier alpha value is -3.16.